The maximum Gasteiger partial charge on any atom is 0.254 e. The van der Waals surface area contributed by atoms with Crippen molar-refractivity contribution in [1.82, 2.24) is 15.5 Å². The molecule has 7 heteroatoms. The summed E-state index contributed by atoms with van der Waals surface area (Å²) in [7, 11) is 0. The van der Waals surface area contributed by atoms with Crippen molar-refractivity contribution in [3.63, 3.8) is 0 Å². The molecule has 3 amide bonds. The largest absolute Gasteiger partial charge is 0.353 e. The number of piperazine rings is 1. The third-order valence-corrected chi connectivity index (χ3v) is 5.18. The molecule has 0 spiro atoms. The molecule has 1 aromatic rings. The summed E-state index contributed by atoms with van der Waals surface area (Å²) in [6.45, 7) is 1.53. The lowest BCUT2D eigenvalue weighted by atomic mass is 10.00. The molecule has 0 unspecified atom stereocenters. The molecule has 2 aliphatic rings. The smallest absolute Gasteiger partial charge is 0.254 e. The molecule has 2 fully saturated rings. The Morgan fingerprint density at radius 2 is 2.00 bits per heavy atom. The molecular weight excluding hydrogens is 332 g/mol. The quantitative estimate of drug-likeness (QED) is 0.708. The molecule has 140 valence electrons. The minimum absolute atomic E-state index is 0.0202. The highest BCUT2D eigenvalue weighted by Crippen LogP contribution is 2.26. The minimum Gasteiger partial charge on any atom is -0.353 e. The Balaban J connectivity index is 1.48. The van der Waals surface area contributed by atoms with Gasteiger partial charge in [0.05, 0.1) is 6.54 Å². The fourth-order valence-corrected chi connectivity index (χ4v) is 3.59. The second-order valence-corrected chi connectivity index (χ2v) is 7.11. The van der Waals surface area contributed by atoms with Gasteiger partial charge in [0.25, 0.3) is 5.91 Å². The van der Waals surface area contributed by atoms with Crippen molar-refractivity contribution < 1.29 is 14.4 Å². The van der Waals surface area contributed by atoms with Crippen LogP contribution in [0.1, 0.15) is 41.6 Å². The fraction of sp³-hybridized carbons (Fsp3) is 0.526. The van der Waals surface area contributed by atoms with Crippen molar-refractivity contribution >= 4 is 17.7 Å². The van der Waals surface area contributed by atoms with Crippen molar-refractivity contribution in [3.05, 3.63) is 35.4 Å². The van der Waals surface area contributed by atoms with Crippen molar-refractivity contribution in [1.29, 1.82) is 0 Å². The third kappa shape index (κ3) is 4.60. The monoisotopic (exact) mass is 358 g/mol. The van der Waals surface area contributed by atoms with Gasteiger partial charge in [-0.2, -0.15) is 0 Å². The van der Waals surface area contributed by atoms with E-state index in [0.29, 0.717) is 31.6 Å². The Hall–Kier alpha value is -2.41. The van der Waals surface area contributed by atoms with Gasteiger partial charge in [-0.1, -0.05) is 18.6 Å². The molecule has 1 aliphatic heterocycles. The average molecular weight is 358 g/mol. The van der Waals surface area contributed by atoms with Crippen LogP contribution >= 0.6 is 0 Å². The van der Waals surface area contributed by atoms with Crippen LogP contribution in [0.15, 0.2) is 24.3 Å². The van der Waals surface area contributed by atoms with Gasteiger partial charge in [-0.25, -0.2) is 0 Å². The van der Waals surface area contributed by atoms with Crippen molar-refractivity contribution in [2.45, 2.75) is 38.3 Å². The van der Waals surface area contributed by atoms with Gasteiger partial charge in [-0.05, 0) is 36.5 Å². The average Bonchev–Trinajstić information content (AvgIpc) is 3.04. The second kappa shape index (κ2) is 8.31. The van der Waals surface area contributed by atoms with Crippen molar-refractivity contribution in [2.24, 2.45) is 11.7 Å². The lowest BCUT2D eigenvalue weighted by Gasteiger charge is -2.26. The van der Waals surface area contributed by atoms with E-state index in [4.69, 9.17) is 5.73 Å². The first-order valence-electron chi connectivity index (χ1n) is 9.20. The molecule has 0 bridgehead atoms. The molecule has 0 aromatic heterocycles. The van der Waals surface area contributed by atoms with E-state index in [0.717, 1.165) is 24.8 Å². The first-order valence-corrected chi connectivity index (χ1v) is 9.20. The Kier molecular flexibility index (Phi) is 5.88. The first kappa shape index (κ1) is 18.4. The number of carbonyl (C=O) groups is 3. The van der Waals surface area contributed by atoms with Crippen LogP contribution in [0.3, 0.4) is 0 Å². The SMILES string of the molecule is N[C@@H]1CCC[C@H]1CC(=O)NCc1ccc(C(=O)N2CCNC(=O)C2)cc1. The summed E-state index contributed by atoms with van der Waals surface area (Å²) in [6.07, 6.45) is 3.62. The van der Waals surface area contributed by atoms with Gasteiger partial charge in [0, 0.05) is 37.7 Å². The number of hydrogen-bond acceptors (Lipinski definition) is 4. The molecule has 1 aromatic carbocycles. The van der Waals surface area contributed by atoms with Gasteiger partial charge in [-0.15, -0.1) is 0 Å². The zero-order valence-electron chi connectivity index (χ0n) is 14.9. The highest BCUT2D eigenvalue weighted by molar-refractivity contribution is 5.97. The number of amides is 3. The van der Waals surface area contributed by atoms with Crippen LogP contribution < -0.4 is 16.4 Å². The Morgan fingerprint density at radius 1 is 1.23 bits per heavy atom. The summed E-state index contributed by atoms with van der Waals surface area (Å²) in [4.78, 5) is 37.4. The van der Waals surface area contributed by atoms with E-state index in [1.54, 1.807) is 17.0 Å². The maximum atomic E-state index is 12.4. The minimum atomic E-state index is -0.148. The van der Waals surface area contributed by atoms with E-state index in [1.165, 1.54) is 0 Å². The van der Waals surface area contributed by atoms with Crippen LogP contribution in [0.25, 0.3) is 0 Å². The maximum absolute atomic E-state index is 12.4. The van der Waals surface area contributed by atoms with E-state index >= 15 is 0 Å². The van der Waals surface area contributed by atoms with Gasteiger partial charge in [-0.3, -0.25) is 14.4 Å². The molecular formula is C19H26N4O3. The molecule has 1 saturated heterocycles. The normalized spacial score (nSPS) is 22.8. The lowest BCUT2D eigenvalue weighted by molar-refractivity contribution is -0.123. The molecule has 7 nitrogen and oxygen atoms in total. The molecule has 1 saturated carbocycles. The second-order valence-electron chi connectivity index (χ2n) is 7.11. The van der Waals surface area contributed by atoms with Crippen LogP contribution in [0, 0.1) is 5.92 Å². The zero-order valence-corrected chi connectivity index (χ0v) is 14.9. The molecule has 3 rings (SSSR count). The van der Waals surface area contributed by atoms with Crippen LogP contribution in [-0.2, 0) is 16.1 Å². The van der Waals surface area contributed by atoms with E-state index in [9.17, 15) is 14.4 Å². The number of nitrogens with one attached hydrogen (secondary N) is 2. The number of benzene rings is 1. The van der Waals surface area contributed by atoms with E-state index in [-0.39, 0.29) is 36.2 Å². The van der Waals surface area contributed by atoms with Crippen LogP contribution in [0.2, 0.25) is 0 Å². The number of rotatable bonds is 5. The van der Waals surface area contributed by atoms with E-state index in [2.05, 4.69) is 10.6 Å². The predicted octanol–water partition coefficient (Wildman–Crippen LogP) is 0.392. The molecule has 1 aliphatic carbocycles. The van der Waals surface area contributed by atoms with Gasteiger partial charge in [0.1, 0.15) is 0 Å². The fourth-order valence-electron chi connectivity index (χ4n) is 3.59. The van der Waals surface area contributed by atoms with E-state index < -0.39 is 0 Å². The first-order chi connectivity index (χ1) is 12.5. The summed E-state index contributed by atoms with van der Waals surface area (Å²) in [6, 6.07) is 7.28. The van der Waals surface area contributed by atoms with Crippen LogP contribution in [-0.4, -0.2) is 48.3 Å². The standard InChI is InChI=1S/C19H26N4O3/c20-16-3-1-2-15(16)10-17(24)22-11-13-4-6-14(7-5-13)19(26)23-9-8-21-18(25)12-23/h4-7,15-16H,1-3,8-12,20H2,(H,21,25)(H,22,24)/t15-,16+/m0/s1. The summed E-state index contributed by atoms with van der Waals surface area (Å²) < 4.78 is 0. The zero-order chi connectivity index (χ0) is 18.5. The Labute approximate surface area is 153 Å². The van der Waals surface area contributed by atoms with Gasteiger partial charge in [0.15, 0.2) is 0 Å². The molecule has 1 heterocycles. The Morgan fingerprint density at radius 3 is 2.65 bits per heavy atom. The Bertz CT molecular complexity index is 674. The van der Waals surface area contributed by atoms with Gasteiger partial charge < -0.3 is 21.3 Å². The van der Waals surface area contributed by atoms with Gasteiger partial charge >= 0.3 is 0 Å². The van der Waals surface area contributed by atoms with Crippen molar-refractivity contribution in [2.75, 3.05) is 19.6 Å². The lowest BCUT2D eigenvalue weighted by Crippen LogP contribution is -2.49. The highest BCUT2D eigenvalue weighted by Gasteiger charge is 2.26. The van der Waals surface area contributed by atoms with Crippen LogP contribution in [0.5, 0.6) is 0 Å². The predicted molar refractivity (Wildman–Crippen MR) is 97.1 cm³/mol. The molecule has 2 atom stereocenters. The van der Waals surface area contributed by atoms with Gasteiger partial charge in [0.2, 0.25) is 11.8 Å². The molecule has 26 heavy (non-hydrogen) atoms. The molecule has 4 N–H and O–H groups in total. The van der Waals surface area contributed by atoms with Crippen molar-refractivity contribution in [3.8, 4) is 0 Å². The summed E-state index contributed by atoms with van der Waals surface area (Å²) in [5.41, 5.74) is 7.49. The summed E-state index contributed by atoms with van der Waals surface area (Å²) in [5.74, 6) is 0.0279. The highest BCUT2D eigenvalue weighted by atomic mass is 16.2. The summed E-state index contributed by atoms with van der Waals surface area (Å²) in [5, 5.41) is 5.62. The number of carbonyl (C=O) groups excluding carboxylic acids is 3. The number of nitrogens with two attached hydrogens (primary N) is 1. The number of hydrogen-bond donors (Lipinski definition) is 3. The third-order valence-electron chi connectivity index (χ3n) is 5.18. The topological polar surface area (TPSA) is 105 Å². The van der Waals surface area contributed by atoms with Crippen LogP contribution in [0.4, 0.5) is 0 Å². The molecule has 0 radical (unpaired) electrons. The summed E-state index contributed by atoms with van der Waals surface area (Å²) >= 11 is 0. The van der Waals surface area contributed by atoms with E-state index in [1.807, 2.05) is 12.1 Å². The number of nitrogens with zero attached hydrogens (tertiary/aromatic N) is 1.